The minimum absolute atomic E-state index is 0.140. The van der Waals surface area contributed by atoms with Gasteiger partial charge in [-0.2, -0.15) is 0 Å². The summed E-state index contributed by atoms with van der Waals surface area (Å²) in [6, 6.07) is 17.2. The van der Waals surface area contributed by atoms with Gasteiger partial charge in [-0.1, -0.05) is 24.3 Å². The molecule has 0 unspecified atom stereocenters. The number of rotatable bonds is 6. The van der Waals surface area contributed by atoms with Crippen molar-refractivity contribution in [2.24, 2.45) is 10.7 Å². The van der Waals surface area contributed by atoms with Gasteiger partial charge < -0.3 is 15.8 Å². The number of hydrazine groups is 1. The molecular weight excluding hydrogens is 386 g/mol. The lowest BCUT2D eigenvalue weighted by Crippen LogP contribution is -2.28. The number of nitrogens with zero attached hydrogens (tertiary/aromatic N) is 3. The molecule has 1 aromatic heterocycles. The Bertz CT molecular complexity index is 1130. The minimum Gasteiger partial charge on any atom is -0.437 e. The van der Waals surface area contributed by atoms with Crippen molar-refractivity contribution in [3.8, 4) is 11.6 Å². The highest BCUT2D eigenvalue weighted by molar-refractivity contribution is 6.06. The standard InChI is InChI=1S/C20H17N7O3/c21-20(29)12-5-1-4-8-15(12)30-19-10-9-16(24-27-19)22-13-6-2-3-7-14(13)23-17-11-18(28)26-25-17/h1-10H,11H2,(H2,21,29)(H,22,24)(H,23,25)(H,26,28). The van der Waals surface area contributed by atoms with Crippen molar-refractivity contribution in [2.75, 3.05) is 5.32 Å². The molecule has 10 heteroatoms. The lowest BCUT2D eigenvalue weighted by Gasteiger charge is -2.10. The van der Waals surface area contributed by atoms with E-state index in [0.29, 0.717) is 28.8 Å². The van der Waals surface area contributed by atoms with Gasteiger partial charge >= 0.3 is 0 Å². The average Bonchev–Trinajstić information content (AvgIpc) is 3.16. The van der Waals surface area contributed by atoms with Crippen LogP contribution in [-0.2, 0) is 4.79 Å². The van der Waals surface area contributed by atoms with Gasteiger partial charge in [0, 0.05) is 6.07 Å². The van der Waals surface area contributed by atoms with Crippen molar-refractivity contribution < 1.29 is 14.3 Å². The van der Waals surface area contributed by atoms with Crippen LogP contribution in [0.25, 0.3) is 0 Å². The lowest BCUT2D eigenvalue weighted by atomic mass is 10.2. The third kappa shape index (κ3) is 4.33. The predicted molar refractivity (Wildman–Crippen MR) is 110 cm³/mol. The summed E-state index contributed by atoms with van der Waals surface area (Å²) in [5.74, 6) is 0.766. The smallest absolute Gasteiger partial charge is 0.252 e. The first-order valence-electron chi connectivity index (χ1n) is 8.97. The number of para-hydroxylation sites is 3. The van der Waals surface area contributed by atoms with Crippen LogP contribution in [-0.4, -0.2) is 27.8 Å². The lowest BCUT2D eigenvalue weighted by molar-refractivity contribution is -0.119. The Morgan fingerprint density at radius 1 is 1.03 bits per heavy atom. The first-order valence-corrected chi connectivity index (χ1v) is 8.97. The van der Waals surface area contributed by atoms with Gasteiger partial charge in [-0.15, -0.1) is 10.2 Å². The van der Waals surface area contributed by atoms with Gasteiger partial charge in [0.15, 0.2) is 5.82 Å². The van der Waals surface area contributed by atoms with E-state index in [1.165, 1.54) is 0 Å². The van der Waals surface area contributed by atoms with Crippen molar-refractivity contribution in [2.45, 2.75) is 6.42 Å². The molecule has 2 amide bonds. The summed E-state index contributed by atoms with van der Waals surface area (Å²) in [7, 11) is 0. The Kier molecular flexibility index (Phi) is 5.20. The zero-order valence-corrected chi connectivity index (χ0v) is 15.6. The number of aromatic nitrogens is 2. The topological polar surface area (TPSA) is 144 Å². The fraction of sp³-hybridized carbons (Fsp3) is 0.0500. The van der Waals surface area contributed by atoms with E-state index >= 15 is 0 Å². The number of hydrogen-bond acceptors (Lipinski definition) is 7. The molecule has 4 rings (SSSR count). The Hall–Kier alpha value is -4.47. The highest BCUT2D eigenvalue weighted by Crippen LogP contribution is 2.28. The molecule has 0 atom stereocenters. The third-order valence-corrected chi connectivity index (χ3v) is 4.10. The molecule has 150 valence electrons. The maximum Gasteiger partial charge on any atom is 0.252 e. The van der Waals surface area contributed by atoms with Crippen LogP contribution < -0.4 is 26.6 Å². The number of ether oxygens (including phenoxy) is 1. The van der Waals surface area contributed by atoms with Gasteiger partial charge in [0.25, 0.3) is 5.91 Å². The number of aliphatic imine (C=N–C) groups is 1. The predicted octanol–water partition coefficient (Wildman–Crippen LogP) is 2.17. The van der Waals surface area contributed by atoms with Crippen molar-refractivity contribution >= 4 is 34.8 Å². The van der Waals surface area contributed by atoms with E-state index in [2.05, 4.69) is 31.4 Å². The van der Waals surface area contributed by atoms with Crippen molar-refractivity contribution in [3.63, 3.8) is 0 Å². The Balaban J connectivity index is 1.50. The van der Waals surface area contributed by atoms with Crippen molar-refractivity contribution in [1.82, 2.24) is 21.0 Å². The zero-order chi connectivity index (χ0) is 20.9. The first-order chi connectivity index (χ1) is 14.6. The second-order valence-corrected chi connectivity index (χ2v) is 6.27. The largest absolute Gasteiger partial charge is 0.437 e. The molecular formula is C20H17N7O3. The SMILES string of the molecule is NC(=O)c1ccccc1Oc1ccc(Nc2ccccc2N=C2CC(=O)NN2)nn1. The van der Waals surface area contributed by atoms with Crippen LogP contribution in [0.3, 0.4) is 0 Å². The summed E-state index contributed by atoms with van der Waals surface area (Å²) >= 11 is 0. The van der Waals surface area contributed by atoms with E-state index in [1.54, 1.807) is 36.4 Å². The van der Waals surface area contributed by atoms with Crippen LogP contribution in [0, 0.1) is 0 Å². The summed E-state index contributed by atoms with van der Waals surface area (Å²) in [6.45, 7) is 0. The maximum atomic E-state index is 11.5. The normalized spacial score (nSPS) is 14.1. The molecule has 0 radical (unpaired) electrons. The molecule has 0 bridgehead atoms. The first kappa shape index (κ1) is 18.9. The van der Waals surface area contributed by atoms with Gasteiger partial charge in [-0.05, 0) is 30.3 Å². The van der Waals surface area contributed by atoms with Gasteiger partial charge in [-0.3, -0.25) is 20.4 Å². The van der Waals surface area contributed by atoms with Crippen LogP contribution >= 0.6 is 0 Å². The number of anilines is 2. The summed E-state index contributed by atoms with van der Waals surface area (Å²) < 4.78 is 5.63. The van der Waals surface area contributed by atoms with Crippen molar-refractivity contribution in [3.05, 3.63) is 66.2 Å². The highest BCUT2D eigenvalue weighted by atomic mass is 16.5. The van der Waals surface area contributed by atoms with Crippen LogP contribution in [0.15, 0.2) is 65.7 Å². The van der Waals surface area contributed by atoms with Crippen LogP contribution in [0.4, 0.5) is 17.2 Å². The second-order valence-electron chi connectivity index (χ2n) is 6.27. The van der Waals surface area contributed by atoms with Crippen LogP contribution in [0.1, 0.15) is 16.8 Å². The fourth-order valence-corrected chi connectivity index (χ4v) is 2.72. The monoisotopic (exact) mass is 403 g/mol. The molecule has 2 aromatic carbocycles. The molecule has 10 nitrogen and oxygen atoms in total. The van der Waals surface area contributed by atoms with E-state index in [1.807, 2.05) is 24.3 Å². The quantitative estimate of drug-likeness (QED) is 0.494. The average molecular weight is 403 g/mol. The zero-order valence-electron chi connectivity index (χ0n) is 15.6. The fourth-order valence-electron chi connectivity index (χ4n) is 2.72. The Morgan fingerprint density at radius 2 is 1.83 bits per heavy atom. The van der Waals surface area contributed by atoms with Gasteiger partial charge in [0.2, 0.25) is 11.8 Å². The molecule has 1 aliphatic rings. The number of hydrogen-bond donors (Lipinski definition) is 4. The number of benzene rings is 2. The highest BCUT2D eigenvalue weighted by Gasteiger charge is 2.16. The molecule has 3 aromatic rings. The number of amidine groups is 1. The molecule has 0 aliphatic carbocycles. The van der Waals surface area contributed by atoms with E-state index < -0.39 is 5.91 Å². The molecule has 1 saturated heterocycles. The molecule has 30 heavy (non-hydrogen) atoms. The maximum absolute atomic E-state index is 11.5. The Morgan fingerprint density at radius 3 is 2.57 bits per heavy atom. The van der Waals surface area contributed by atoms with E-state index in [-0.39, 0.29) is 23.8 Å². The summed E-state index contributed by atoms with van der Waals surface area (Å²) in [4.78, 5) is 27.3. The summed E-state index contributed by atoms with van der Waals surface area (Å²) in [5, 5.41) is 11.3. The summed E-state index contributed by atoms with van der Waals surface area (Å²) in [5.41, 5.74) is 12.2. The van der Waals surface area contributed by atoms with Crippen LogP contribution in [0.2, 0.25) is 0 Å². The second kappa shape index (κ2) is 8.27. The number of carbonyl (C=O) groups excluding carboxylic acids is 2. The van der Waals surface area contributed by atoms with Gasteiger partial charge in [0.05, 0.1) is 23.4 Å². The van der Waals surface area contributed by atoms with E-state index in [4.69, 9.17) is 10.5 Å². The molecule has 2 heterocycles. The molecule has 5 N–H and O–H groups in total. The number of carbonyl (C=O) groups is 2. The minimum atomic E-state index is -0.594. The third-order valence-electron chi connectivity index (χ3n) is 4.10. The van der Waals surface area contributed by atoms with E-state index in [0.717, 1.165) is 0 Å². The summed E-state index contributed by atoms with van der Waals surface area (Å²) in [6.07, 6.45) is 0.187. The molecule has 1 fully saturated rings. The van der Waals surface area contributed by atoms with E-state index in [9.17, 15) is 9.59 Å². The number of nitrogens with one attached hydrogen (secondary N) is 3. The Labute approximate surface area is 171 Å². The number of primary amides is 1. The molecule has 0 saturated carbocycles. The van der Waals surface area contributed by atoms with Crippen molar-refractivity contribution in [1.29, 1.82) is 0 Å². The van der Waals surface area contributed by atoms with Gasteiger partial charge in [-0.25, -0.2) is 4.99 Å². The number of amides is 2. The molecule has 0 spiro atoms. The van der Waals surface area contributed by atoms with Crippen LogP contribution in [0.5, 0.6) is 11.6 Å². The molecule has 1 aliphatic heterocycles. The van der Waals surface area contributed by atoms with Gasteiger partial charge in [0.1, 0.15) is 11.6 Å². The number of nitrogens with two attached hydrogens (primary N) is 1.